The van der Waals surface area contributed by atoms with E-state index in [0.29, 0.717) is 17.1 Å². The van der Waals surface area contributed by atoms with Crippen LogP contribution in [0.2, 0.25) is 5.02 Å². The van der Waals surface area contributed by atoms with Gasteiger partial charge in [0.05, 0.1) is 0 Å². The molecule has 0 fully saturated rings. The Hall–Kier alpha value is -1.87. The Morgan fingerprint density at radius 2 is 2.20 bits per heavy atom. The molecule has 1 N–H and O–H groups in total. The van der Waals surface area contributed by atoms with Crippen LogP contribution in [-0.4, -0.2) is 17.4 Å². The van der Waals surface area contributed by atoms with Crippen molar-refractivity contribution in [1.82, 2.24) is 10.3 Å². The highest BCUT2D eigenvalue weighted by molar-refractivity contribution is 6.31. The number of pyridine rings is 1. The summed E-state index contributed by atoms with van der Waals surface area (Å²) in [5, 5.41) is 3.52. The molecule has 0 aliphatic heterocycles. The van der Waals surface area contributed by atoms with E-state index in [0.717, 1.165) is 18.4 Å². The van der Waals surface area contributed by atoms with Gasteiger partial charge in [-0.05, 0) is 49.1 Å². The maximum Gasteiger partial charge on any atom is 0.251 e. The lowest BCUT2D eigenvalue weighted by Crippen LogP contribution is -2.24. The summed E-state index contributed by atoms with van der Waals surface area (Å²) in [6.07, 6.45) is 5.40. The van der Waals surface area contributed by atoms with Crippen LogP contribution < -0.4 is 5.32 Å². The number of nitrogens with zero attached hydrogens (tertiary/aromatic N) is 1. The lowest BCUT2D eigenvalue weighted by molar-refractivity contribution is 0.0953. The van der Waals surface area contributed by atoms with Crippen LogP contribution in [0, 0.1) is 6.92 Å². The molecule has 4 heteroatoms. The maximum atomic E-state index is 11.9. The normalized spacial score (nSPS) is 10.3. The van der Waals surface area contributed by atoms with Gasteiger partial charge in [-0.15, -0.1) is 0 Å². The first-order chi connectivity index (χ1) is 9.66. The monoisotopic (exact) mass is 288 g/mol. The summed E-state index contributed by atoms with van der Waals surface area (Å²) in [4.78, 5) is 16.0. The second kappa shape index (κ2) is 7.06. The summed E-state index contributed by atoms with van der Waals surface area (Å²) in [5.41, 5.74) is 2.75. The highest BCUT2D eigenvalue weighted by Gasteiger charge is 2.06. The SMILES string of the molecule is Cc1ccc(C(=O)NCCCc2cccnc2)cc1Cl. The Balaban J connectivity index is 1.79. The summed E-state index contributed by atoms with van der Waals surface area (Å²) in [5.74, 6) is -0.0851. The molecule has 0 aliphatic carbocycles. The molecule has 0 radical (unpaired) electrons. The predicted molar refractivity (Wildman–Crippen MR) is 81.1 cm³/mol. The van der Waals surface area contributed by atoms with Crippen LogP contribution in [0.3, 0.4) is 0 Å². The summed E-state index contributed by atoms with van der Waals surface area (Å²) >= 11 is 6.01. The molecule has 0 aliphatic rings. The number of carbonyl (C=O) groups is 1. The third-order valence-corrected chi connectivity index (χ3v) is 3.49. The summed E-state index contributed by atoms with van der Waals surface area (Å²) < 4.78 is 0. The van der Waals surface area contributed by atoms with Crippen molar-refractivity contribution in [3.05, 3.63) is 64.4 Å². The molecule has 1 amide bonds. The molecule has 104 valence electrons. The second-order valence-electron chi connectivity index (χ2n) is 4.68. The first-order valence-corrected chi connectivity index (χ1v) is 6.98. The predicted octanol–water partition coefficient (Wildman–Crippen LogP) is 3.41. The topological polar surface area (TPSA) is 42.0 Å². The van der Waals surface area contributed by atoms with Gasteiger partial charge in [0.2, 0.25) is 0 Å². The third-order valence-electron chi connectivity index (χ3n) is 3.08. The third kappa shape index (κ3) is 4.07. The summed E-state index contributed by atoms with van der Waals surface area (Å²) in [6.45, 7) is 2.55. The minimum Gasteiger partial charge on any atom is -0.352 e. The zero-order chi connectivity index (χ0) is 14.4. The van der Waals surface area contributed by atoms with Crippen LogP contribution in [-0.2, 0) is 6.42 Å². The van der Waals surface area contributed by atoms with Crippen LogP contribution in [0.5, 0.6) is 0 Å². The quantitative estimate of drug-likeness (QED) is 0.857. The number of benzene rings is 1. The fourth-order valence-corrected chi connectivity index (χ4v) is 2.06. The van der Waals surface area contributed by atoms with Gasteiger partial charge in [0.15, 0.2) is 0 Å². The van der Waals surface area contributed by atoms with E-state index in [1.165, 1.54) is 5.56 Å². The number of aromatic nitrogens is 1. The summed E-state index contributed by atoms with van der Waals surface area (Å²) in [7, 11) is 0. The van der Waals surface area contributed by atoms with E-state index >= 15 is 0 Å². The minimum absolute atomic E-state index is 0.0851. The molecular formula is C16H17ClN2O. The number of halogens is 1. The average molecular weight is 289 g/mol. The summed E-state index contributed by atoms with van der Waals surface area (Å²) in [6, 6.07) is 9.30. The molecule has 1 aromatic heterocycles. The van der Waals surface area contributed by atoms with Gasteiger partial charge in [0, 0.05) is 29.5 Å². The van der Waals surface area contributed by atoms with E-state index in [2.05, 4.69) is 10.3 Å². The van der Waals surface area contributed by atoms with Crippen molar-refractivity contribution in [2.75, 3.05) is 6.54 Å². The smallest absolute Gasteiger partial charge is 0.251 e. The lowest BCUT2D eigenvalue weighted by atomic mass is 10.1. The van der Waals surface area contributed by atoms with Gasteiger partial charge in [-0.1, -0.05) is 23.7 Å². The Labute approximate surface area is 124 Å². The molecule has 0 spiro atoms. The van der Waals surface area contributed by atoms with Gasteiger partial charge in [-0.2, -0.15) is 0 Å². The number of carbonyl (C=O) groups excluding carboxylic acids is 1. The standard InChI is InChI=1S/C16H17ClN2O/c1-12-6-7-14(10-15(12)17)16(20)19-9-3-5-13-4-2-8-18-11-13/h2,4,6-8,10-11H,3,5,9H2,1H3,(H,19,20). The van der Waals surface area contributed by atoms with Crippen LogP contribution >= 0.6 is 11.6 Å². The van der Waals surface area contributed by atoms with Gasteiger partial charge in [-0.25, -0.2) is 0 Å². The molecule has 0 atom stereocenters. The van der Waals surface area contributed by atoms with Crippen LogP contribution in [0.15, 0.2) is 42.7 Å². The first-order valence-electron chi connectivity index (χ1n) is 6.60. The van der Waals surface area contributed by atoms with Crippen molar-refractivity contribution in [3.63, 3.8) is 0 Å². The van der Waals surface area contributed by atoms with Crippen molar-refractivity contribution in [1.29, 1.82) is 0 Å². The van der Waals surface area contributed by atoms with Gasteiger partial charge in [0.1, 0.15) is 0 Å². The van der Waals surface area contributed by atoms with E-state index in [9.17, 15) is 4.79 Å². The Morgan fingerprint density at radius 1 is 1.35 bits per heavy atom. The van der Waals surface area contributed by atoms with Crippen LogP contribution in [0.4, 0.5) is 0 Å². The molecule has 0 bridgehead atoms. The molecule has 1 heterocycles. The van der Waals surface area contributed by atoms with Gasteiger partial charge < -0.3 is 5.32 Å². The van der Waals surface area contributed by atoms with Gasteiger partial charge >= 0.3 is 0 Å². The highest BCUT2D eigenvalue weighted by atomic mass is 35.5. The van der Waals surface area contributed by atoms with Crippen LogP contribution in [0.25, 0.3) is 0 Å². The molecule has 2 rings (SSSR count). The Bertz CT molecular complexity index is 584. The van der Waals surface area contributed by atoms with E-state index in [4.69, 9.17) is 11.6 Å². The van der Waals surface area contributed by atoms with Crippen LogP contribution in [0.1, 0.15) is 27.9 Å². The first kappa shape index (κ1) is 14.5. The van der Waals surface area contributed by atoms with E-state index in [1.54, 1.807) is 18.3 Å². The minimum atomic E-state index is -0.0851. The largest absolute Gasteiger partial charge is 0.352 e. The van der Waals surface area contributed by atoms with Crippen molar-refractivity contribution < 1.29 is 4.79 Å². The van der Waals surface area contributed by atoms with E-state index < -0.39 is 0 Å². The van der Waals surface area contributed by atoms with Gasteiger partial charge in [-0.3, -0.25) is 9.78 Å². The fourth-order valence-electron chi connectivity index (χ4n) is 1.88. The fraction of sp³-hybridized carbons (Fsp3) is 0.250. The zero-order valence-corrected chi connectivity index (χ0v) is 12.2. The number of aryl methyl sites for hydroxylation is 2. The molecule has 0 saturated carbocycles. The Morgan fingerprint density at radius 3 is 2.90 bits per heavy atom. The van der Waals surface area contributed by atoms with Crippen molar-refractivity contribution >= 4 is 17.5 Å². The molecule has 1 aromatic carbocycles. The van der Waals surface area contributed by atoms with E-state index in [-0.39, 0.29) is 5.91 Å². The highest BCUT2D eigenvalue weighted by Crippen LogP contribution is 2.16. The number of amides is 1. The average Bonchev–Trinajstić information content (AvgIpc) is 2.47. The zero-order valence-electron chi connectivity index (χ0n) is 11.4. The maximum absolute atomic E-state index is 11.9. The molecule has 0 unspecified atom stereocenters. The van der Waals surface area contributed by atoms with Crippen molar-refractivity contribution in [3.8, 4) is 0 Å². The number of hydrogen-bond donors (Lipinski definition) is 1. The van der Waals surface area contributed by atoms with Gasteiger partial charge in [0.25, 0.3) is 5.91 Å². The van der Waals surface area contributed by atoms with Crippen molar-refractivity contribution in [2.24, 2.45) is 0 Å². The number of rotatable bonds is 5. The molecular weight excluding hydrogens is 272 g/mol. The molecule has 3 nitrogen and oxygen atoms in total. The molecule has 0 saturated heterocycles. The molecule has 20 heavy (non-hydrogen) atoms. The van der Waals surface area contributed by atoms with E-state index in [1.807, 2.05) is 31.3 Å². The number of hydrogen-bond acceptors (Lipinski definition) is 2. The lowest BCUT2D eigenvalue weighted by Gasteiger charge is -2.06. The molecule has 2 aromatic rings. The Kier molecular flexibility index (Phi) is 5.13. The second-order valence-corrected chi connectivity index (χ2v) is 5.09. The number of nitrogens with one attached hydrogen (secondary N) is 1. The van der Waals surface area contributed by atoms with Crippen molar-refractivity contribution in [2.45, 2.75) is 19.8 Å².